The molecule has 0 spiro atoms. The number of aliphatic hydroxyl groups excluding tert-OH is 1. The first-order valence-corrected chi connectivity index (χ1v) is 26.6. The Kier molecular flexibility index (Phi) is 45.9. The molecule has 0 aliphatic carbocycles. The quantitative estimate of drug-likeness (QED) is 0.0238. The van der Waals surface area contributed by atoms with Crippen LogP contribution < -0.4 is 5.32 Å². The maximum absolute atomic E-state index is 12.1. The molecule has 0 rings (SSSR count). The highest BCUT2D eigenvalue weighted by Gasteiger charge is 2.23. The third-order valence-electron chi connectivity index (χ3n) is 10.7. The number of aliphatic hydroxyl groups is 1. The first-order valence-electron chi connectivity index (χ1n) is 25.1. The number of allylic oxidation sites excluding steroid dienone is 8. The lowest BCUT2D eigenvalue weighted by Crippen LogP contribution is -2.27. The minimum absolute atomic E-state index is 0.0737. The molecular formula is C51H94NO8P. The van der Waals surface area contributed by atoms with Crippen molar-refractivity contribution in [1.29, 1.82) is 0 Å². The predicted octanol–water partition coefficient (Wildman–Crippen LogP) is 14.7. The fourth-order valence-corrected chi connectivity index (χ4v) is 7.67. The van der Waals surface area contributed by atoms with E-state index >= 15 is 0 Å². The van der Waals surface area contributed by atoms with E-state index in [9.17, 15) is 24.2 Å². The second-order valence-electron chi connectivity index (χ2n) is 16.8. The lowest BCUT2D eigenvalue weighted by molar-refractivity contribution is -0.147. The number of rotatable bonds is 47. The van der Waals surface area contributed by atoms with Crippen molar-refractivity contribution in [2.24, 2.45) is 0 Å². The van der Waals surface area contributed by atoms with Crippen LogP contribution in [0.3, 0.4) is 0 Å². The highest BCUT2D eigenvalue weighted by atomic mass is 31.2. The largest absolute Gasteiger partial charge is 0.472 e. The third kappa shape index (κ3) is 48.9. The Morgan fingerprint density at radius 3 is 1.38 bits per heavy atom. The highest BCUT2D eigenvalue weighted by molar-refractivity contribution is 7.47. The third-order valence-corrected chi connectivity index (χ3v) is 11.7. The van der Waals surface area contributed by atoms with Gasteiger partial charge in [-0.05, 0) is 77.0 Å². The molecule has 0 saturated heterocycles. The van der Waals surface area contributed by atoms with Gasteiger partial charge in [-0.3, -0.25) is 18.6 Å². The standard InChI is InChI=1S/C51H94NO8P/c1-3-5-7-9-11-13-15-17-19-21-23-24-26-28-30-32-34-36-38-40-42-44-51(55)58-47-49(53)48-60-61(56,57)59-46-45-52-50(54)43-41-39-37-35-33-31-29-27-25-22-20-18-16-14-12-10-8-6-4-2/h12,14,17-20,25,27,49,53H,3-11,13,15-16,21-24,26,28-48H2,1-2H3,(H,52,54)(H,56,57)/b14-12-,19-17+,20-18-,27-25-. The maximum Gasteiger partial charge on any atom is 0.472 e. The number of carbonyl (C=O) groups is 2. The van der Waals surface area contributed by atoms with E-state index in [-0.39, 0.29) is 32.1 Å². The molecule has 61 heavy (non-hydrogen) atoms. The molecule has 0 bridgehead atoms. The summed E-state index contributed by atoms with van der Waals surface area (Å²) in [5.41, 5.74) is 0. The summed E-state index contributed by atoms with van der Waals surface area (Å²) in [6.07, 6.45) is 56.1. The molecule has 0 aromatic rings. The Morgan fingerprint density at radius 1 is 0.508 bits per heavy atom. The van der Waals surface area contributed by atoms with Gasteiger partial charge in [-0.2, -0.15) is 0 Å². The van der Waals surface area contributed by atoms with Gasteiger partial charge in [-0.1, -0.05) is 191 Å². The Labute approximate surface area is 375 Å². The average molecular weight is 880 g/mol. The van der Waals surface area contributed by atoms with Crippen LogP contribution in [-0.4, -0.2) is 54.3 Å². The first kappa shape index (κ1) is 59.0. The lowest BCUT2D eigenvalue weighted by Gasteiger charge is -2.15. The van der Waals surface area contributed by atoms with Crippen LogP contribution in [0.15, 0.2) is 48.6 Å². The molecule has 0 aliphatic heterocycles. The molecule has 1 amide bonds. The number of phosphoric ester groups is 1. The van der Waals surface area contributed by atoms with Crippen molar-refractivity contribution >= 4 is 19.7 Å². The topological polar surface area (TPSA) is 131 Å². The number of phosphoric acid groups is 1. The fourth-order valence-electron chi connectivity index (χ4n) is 6.91. The summed E-state index contributed by atoms with van der Waals surface area (Å²) in [4.78, 5) is 34.0. The molecule has 9 nitrogen and oxygen atoms in total. The maximum atomic E-state index is 12.1. The van der Waals surface area contributed by atoms with Crippen LogP contribution in [0.5, 0.6) is 0 Å². The van der Waals surface area contributed by atoms with Crippen molar-refractivity contribution in [3.63, 3.8) is 0 Å². The van der Waals surface area contributed by atoms with Crippen molar-refractivity contribution in [2.75, 3.05) is 26.4 Å². The van der Waals surface area contributed by atoms with Crippen LogP contribution in [-0.2, 0) is 27.9 Å². The number of unbranched alkanes of at least 4 members (excludes halogenated alkanes) is 26. The molecule has 0 aliphatic rings. The molecule has 0 radical (unpaired) electrons. The Balaban J connectivity index is 3.58. The van der Waals surface area contributed by atoms with Crippen LogP contribution in [0, 0.1) is 0 Å². The van der Waals surface area contributed by atoms with Gasteiger partial charge >= 0.3 is 13.8 Å². The van der Waals surface area contributed by atoms with Gasteiger partial charge in [0.25, 0.3) is 0 Å². The fraction of sp³-hybridized carbons (Fsp3) is 0.804. The smallest absolute Gasteiger partial charge is 0.463 e. The lowest BCUT2D eigenvalue weighted by atomic mass is 10.0. The number of ether oxygens (including phenoxy) is 1. The first-order chi connectivity index (χ1) is 29.8. The number of nitrogens with one attached hydrogen (secondary N) is 1. The van der Waals surface area contributed by atoms with Crippen LogP contribution in [0.1, 0.15) is 232 Å². The molecule has 0 aromatic carbocycles. The molecule has 10 heteroatoms. The van der Waals surface area contributed by atoms with Crippen molar-refractivity contribution in [2.45, 2.75) is 238 Å². The second kappa shape index (κ2) is 47.4. The van der Waals surface area contributed by atoms with E-state index in [0.29, 0.717) is 6.42 Å². The number of esters is 1. The summed E-state index contributed by atoms with van der Waals surface area (Å²) < 4.78 is 27.0. The number of hydrogen-bond donors (Lipinski definition) is 3. The van der Waals surface area contributed by atoms with Gasteiger partial charge in [0.1, 0.15) is 12.7 Å². The number of amides is 1. The summed E-state index contributed by atoms with van der Waals surface area (Å²) in [6.45, 7) is 3.53. The Bertz CT molecular complexity index is 1140. The summed E-state index contributed by atoms with van der Waals surface area (Å²) >= 11 is 0. The van der Waals surface area contributed by atoms with Gasteiger partial charge in [-0.15, -0.1) is 0 Å². The van der Waals surface area contributed by atoms with Gasteiger partial charge in [0.15, 0.2) is 0 Å². The number of carbonyl (C=O) groups excluding carboxylic acids is 2. The molecule has 2 atom stereocenters. The van der Waals surface area contributed by atoms with E-state index < -0.39 is 26.5 Å². The zero-order chi connectivity index (χ0) is 44.6. The van der Waals surface area contributed by atoms with Gasteiger partial charge in [0, 0.05) is 19.4 Å². The van der Waals surface area contributed by atoms with Crippen LogP contribution in [0.2, 0.25) is 0 Å². The molecule has 356 valence electrons. The van der Waals surface area contributed by atoms with Crippen molar-refractivity contribution in [1.82, 2.24) is 5.32 Å². The number of hydrogen-bond acceptors (Lipinski definition) is 7. The van der Waals surface area contributed by atoms with E-state index in [1.807, 2.05) is 0 Å². The summed E-state index contributed by atoms with van der Waals surface area (Å²) in [5.74, 6) is -0.526. The second-order valence-corrected chi connectivity index (χ2v) is 18.2. The van der Waals surface area contributed by atoms with E-state index in [0.717, 1.165) is 64.2 Å². The molecule has 0 fully saturated rings. The summed E-state index contributed by atoms with van der Waals surface area (Å²) in [5, 5.41) is 12.7. The molecule has 0 saturated carbocycles. The van der Waals surface area contributed by atoms with E-state index in [1.54, 1.807) is 0 Å². The van der Waals surface area contributed by atoms with Crippen LogP contribution >= 0.6 is 7.82 Å². The minimum atomic E-state index is -4.43. The summed E-state index contributed by atoms with van der Waals surface area (Å²) in [7, 11) is -4.43. The minimum Gasteiger partial charge on any atom is -0.463 e. The van der Waals surface area contributed by atoms with Crippen LogP contribution in [0.4, 0.5) is 0 Å². The average Bonchev–Trinajstić information content (AvgIpc) is 3.25. The predicted molar refractivity (Wildman–Crippen MR) is 257 cm³/mol. The SMILES string of the molecule is CCCCC/C=C\C/C=C\C/C=C\CCCCCCCCC(=O)NCCOP(=O)(O)OCC(O)COC(=O)CCCCCCCCCCCCC/C=C/CCCCCCCC. The highest BCUT2D eigenvalue weighted by Crippen LogP contribution is 2.42. The van der Waals surface area contributed by atoms with Gasteiger partial charge in [-0.25, -0.2) is 4.57 Å². The normalized spacial score (nSPS) is 13.6. The Morgan fingerprint density at radius 2 is 0.885 bits per heavy atom. The van der Waals surface area contributed by atoms with Crippen molar-refractivity contribution < 1.29 is 37.9 Å². The molecular weight excluding hydrogens is 786 g/mol. The molecule has 0 heterocycles. The van der Waals surface area contributed by atoms with Gasteiger partial charge in [0.05, 0.1) is 13.2 Å². The molecule has 0 aromatic heterocycles. The molecule has 2 unspecified atom stereocenters. The summed E-state index contributed by atoms with van der Waals surface area (Å²) in [6, 6.07) is 0. The van der Waals surface area contributed by atoms with E-state index in [1.165, 1.54) is 141 Å². The zero-order valence-electron chi connectivity index (χ0n) is 39.4. The van der Waals surface area contributed by atoms with Crippen molar-refractivity contribution in [3.05, 3.63) is 48.6 Å². The zero-order valence-corrected chi connectivity index (χ0v) is 40.3. The van der Waals surface area contributed by atoms with Gasteiger partial charge < -0.3 is 20.1 Å². The van der Waals surface area contributed by atoms with Crippen molar-refractivity contribution in [3.8, 4) is 0 Å². The van der Waals surface area contributed by atoms with E-state index in [2.05, 4.69) is 67.8 Å². The van der Waals surface area contributed by atoms with Gasteiger partial charge in [0.2, 0.25) is 5.91 Å². The monoisotopic (exact) mass is 880 g/mol. The molecule has 3 N–H and O–H groups in total. The van der Waals surface area contributed by atoms with Crippen LogP contribution in [0.25, 0.3) is 0 Å². The van der Waals surface area contributed by atoms with E-state index in [4.69, 9.17) is 13.8 Å². The Hall–Kier alpha value is -2.03.